The SMILES string of the molecule is CC(C)C(N)CCN(C)C(=O)CCc1cscn1.Cl.Cl. The zero-order chi connectivity index (χ0) is 13.5. The van der Waals surface area contributed by atoms with E-state index in [0.29, 0.717) is 12.3 Å². The van der Waals surface area contributed by atoms with E-state index in [1.165, 1.54) is 0 Å². The number of carbonyl (C=O) groups is 1. The van der Waals surface area contributed by atoms with E-state index in [1.807, 2.05) is 12.4 Å². The fourth-order valence-electron chi connectivity index (χ4n) is 1.59. The summed E-state index contributed by atoms with van der Waals surface area (Å²) in [6.45, 7) is 4.94. The van der Waals surface area contributed by atoms with Crippen LogP contribution in [0.15, 0.2) is 10.9 Å². The molecule has 0 aliphatic carbocycles. The molecule has 1 heterocycles. The van der Waals surface area contributed by atoms with Gasteiger partial charge in [0.15, 0.2) is 0 Å². The molecule has 1 atom stereocenters. The molecular formula is C13H25Cl2N3OS. The molecule has 7 heteroatoms. The van der Waals surface area contributed by atoms with Crippen molar-refractivity contribution in [2.24, 2.45) is 11.7 Å². The predicted molar refractivity (Wildman–Crippen MR) is 90.0 cm³/mol. The molecule has 1 unspecified atom stereocenters. The van der Waals surface area contributed by atoms with Gasteiger partial charge in [-0.2, -0.15) is 0 Å². The van der Waals surface area contributed by atoms with Crippen molar-refractivity contribution in [3.63, 3.8) is 0 Å². The Labute approximate surface area is 138 Å². The second-order valence-corrected chi connectivity index (χ2v) is 5.71. The van der Waals surface area contributed by atoms with Crippen molar-refractivity contribution in [2.45, 2.75) is 39.2 Å². The lowest BCUT2D eigenvalue weighted by atomic mass is 10.0. The van der Waals surface area contributed by atoms with E-state index in [2.05, 4.69) is 18.8 Å². The molecular weight excluding hydrogens is 317 g/mol. The number of hydrogen-bond acceptors (Lipinski definition) is 4. The highest BCUT2D eigenvalue weighted by molar-refractivity contribution is 7.07. The molecule has 0 aromatic carbocycles. The minimum absolute atomic E-state index is 0. The van der Waals surface area contributed by atoms with E-state index in [-0.39, 0.29) is 36.8 Å². The minimum atomic E-state index is 0. The minimum Gasteiger partial charge on any atom is -0.346 e. The van der Waals surface area contributed by atoms with E-state index < -0.39 is 0 Å². The Morgan fingerprint density at radius 3 is 2.60 bits per heavy atom. The van der Waals surface area contributed by atoms with Gasteiger partial charge in [0.25, 0.3) is 0 Å². The van der Waals surface area contributed by atoms with Crippen LogP contribution in [0.25, 0.3) is 0 Å². The Hall–Kier alpha value is -0.360. The lowest BCUT2D eigenvalue weighted by Crippen LogP contribution is -2.34. The van der Waals surface area contributed by atoms with E-state index in [1.54, 1.807) is 21.7 Å². The van der Waals surface area contributed by atoms with Crippen LogP contribution >= 0.6 is 36.2 Å². The lowest BCUT2D eigenvalue weighted by molar-refractivity contribution is -0.130. The Morgan fingerprint density at radius 2 is 2.10 bits per heavy atom. The Bertz CT molecular complexity index is 361. The zero-order valence-electron chi connectivity index (χ0n) is 12.2. The topological polar surface area (TPSA) is 59.2 Å². The number of aryl methyl sites for hydroxylation is 1. The van der Waals surface area contributed by atoms with E-state index in [0.717, 1.165) is 25.1 Å². The summed E-state index contributed by atoms with van der Waals surface area (Å²) in [6.07, 6.45) is 2.11. The maximum Gasteiger partial charge on any atom is 0.222 e. The molecule has 0 bridgehead atoms. The van der Waals surface area contributed by atoms with Gasteiger partial charge in [0.05, 0.1) is 11.2 Å². The van der Waals surface area contributed by atoms with Crippen LogP contribution < -0.4 is 5.73 Å². The summed E-state index contributed by atoms with van der Waals surface area (Å²) in [5.41, 5.74) is 8.77. The highest BCUT2D eigenvalue weighted by atomic mass is 35.5. The summed E-state index contributed by atoms with van der Waals surface area (Å²) in [7, 11) is 1.84. The molecule has 2 N–H and O–H groups in total. The summed E-state index contributed by atoms with van der Waals surface area (Å²) < 4.78 is 0. The van der Waals surface area contributed by atoms with Gasteiger partial charge in [-0.15, -0.1) is 36.2 Å². The first kappa shape index (κ1) is 21.9. The van der Waals surface area contributed by atoms with E-state index >= 15 is 0 Å². The maximum atomic E-state index is 11.9. The average Bonchev–Trinajstić information content (AvgIpc) is 2.85. The summed E-state index contributed by atoms with van der Waals surface area (Å²) in [4.78, 5) is 17.8. The first-order valence-electron chi connectivity index (χ1n) is 6.37. The van der Waals surface area contributed by atoms with Crippen molar-refractivity contribution in [1.82, 2.24) is 9.88 Å². The molecule has 0 saturated carbocycles. The summed E-state index contributed by atoms with van der Waals surface area (Å²) in [5, 5.41) is 1.99. The van der Waals surface area contributed by atoms with Gasteiger partial charge in [-0.3, -0.25) is 4.79 Å². The van der Waals surface area contributed by atoms with Crippen molar-refractivity contribution < 1.29 is 4.79 Å². The number of rotatable bonds is 7. The first-order chi connectivity index (χ1) is 8.50. The standard InChI is InChI=1S/C13H23N3OS.2ClH/c1-10(2)12(14)6-7-16(3)13(17)5-4-11-8-18-9-15-11;;/h8-10,12H,4-7,14H2,1-3H3;2*1H. The maximum absolute atomic E-state index is 11.9. The molecule has 1 aromatic rings. The number of hydrogen-bond donors (Lipinski definition) is 1. The third-order valence-electron chi connectivity index (χ3n) is 3.16. The molecule has 0 aliphatic heterocycles. The highest BCUT2D eigenvalue weighted by Crippen LogP contribution is 2.07. The number of amides is 1. The second kappa shape index (κ2) is 11.3. The van der Waals surface area contributed by atoms with Crippen LogP contribution in [0.1, 0.15) is 32.4 Å². The third kappa shape index (κ3) is 8.04. The number of nitrogens with two attached hydrogens (primary N) is 1. The number of aromatic nitrogens is 1. The van der Waals surface area contributed by atoms with Crippen LogP contribution in [-0.4, -0.2) is 35.4 Å². The van der Waals surface area contributed by atoms with Gasteiger partial charge in [0, 0.05) is 31.4 Å². The third-order valence-corrected chi connectivity index (χ3v) is 3.79. The van der Waals surface area contributed by atoms with Gasteiger partial charge in [0.2, 0.25) is 5.91 Å². The Kier molecular flexibility index (Phi) is 12.4. The van der Waals surface area contributed by atoms with Crippen molar-refractivity contribution in [1.29, 1.82) is 0 Å². The Morgan fingerprint density at radius 1 is 1.45 bits per heavy atom. The number of nitrogens with zero attached hydrogens (tertiary/aromatic N) is 2. The van der Waals surface area contributed by atoms with Crippen LogP contribution in [0.3, 0.4) is 0 Å². The molecule has 0 fully saturated rings. The molecule has 0 spiro atoms. The number of thiazole rings is 1. The normalized spacial score (nSPS) is 11.4. The van der Waals surface area contributed by atoms with Crippen molar-refractivity contribution in [3.8, 4) is 0 Å². The summed E-state index contributed by atoms with van der Waals surface area (Å²) in [6, 6.07) is 0.166. The fourth-order valence-corrected chi connectivity index (χ4v) is 2.18. The van der Waals surface area contributed by atoms with Gasteiger partial charge in [0.1, 0.15) is 0 Å². The molecule has 0 saturated heterocycles. The highest BCUT2D eigenvalue weighted by Gasteiger charge is 2.13. The van der Waals surface area contributed by atoms with Crippen LogP contribution in [0.2, 0.25) is 0 Å². The molecule has 1 rings (SSSR count). The number of halogens is 2. The summed E-state index contributed by atoms with van der Waals surface area (Å²) in [5.74, 6) is 0.627. The van der Waals surface area contributed by atoms with Gasteiger partial charge in [-0.25, -0.2) is 4.98 Å². The Balaban J connectivity index is 0. The van der Waals surface area contributed by atoms with Gasteiger partial charge >= 0.3 is 0 Å². The molecule has 118 valence electrons. The zero-order valence-corrected chi connectivity index (χ0v) is 14.7. The van der Waals surface area contributed by atoms with Crippen molar-refractivity contribution in [2.75, 3.05) is 13.6 Å². The van der Waals surface area contributed by atoms with Gasteiger partial charge in [-0.1, -0.05) is 13.8 Å². The van der Waals surface area contributed by atoms with Crippen molar-refractivity contribution >= 4 is 42.1 Å². The molecule has 20 heavy (non-hydrogen) atoms. The van der Waals surface area contributed by atoms with Crippen LogP contribution in [0.4, 0.5) is 0 Å². The smallest absolute Gasteiger partial charge is 0.222 e. The lowest BCUT2D eigenvalue weighted by Gasteiger charge is -2.21. The van der Waals surface area contributed by atoms with Crippen LogP contribution in [0, 0.1) is 5.92 Å². The quantitative estimate of drug-likeness (QED) is 0.829. The van der Waals surface area contributed by atoms with Crippen LogP contribution in [-0.2, 0) is 11.2 Å². The predicted octanol–water partition coefficient (Wildman–Crippen LogP) is 2.75. The molecule has 1 aromatic heterocycles. The molecule has 0 radical (unpaired) electrons. The molecule has 0 aliphatic rings. The molecule has 1 amide bonds. The molecule has 4 nitrogen and oxygen atoms in total. The largest absolute Gasteiger partial charge is 0.346 e. The monoisotopic (exact) mass is 341 g/mol. The van der Waals surface area contributed by atoms with E-state index in [9.17, 15) is 4.79 Å². The average molecular weight is 342 g/mol. The number of carbonyl (C=O) groups excluding carboxylic acids is 1. The van der Waals surface area contributed by atoms with Crippen LogP contribution in [0.5, 0.6) is 0 Å². The van der Waals surface area contributed by atoms with E-state index in [4.69, 9.17) is 5.73 Å². The van der Waals surface area contributed by atoms with Crippen molar-refractivity contribution in [3.05, 3.63) is 16.6 Å². The second-order valence-electron chi connectivity index (χ2n) is 4.99. The summed E-state index contributed by atoms with van der Waals surface area (Å²) >= 11 is 1.56. The van der Waals surface area contributed by atoms with Gasteiger partial charge in [-0.05, 0) is 18.8 Å². The van der Waals surface area contributed by atoms with Gasteiger partial charge < -0.3 is 10.6 Å². The first-order valence-corrected chi connectivity index (χ1v) is 7.31. The fraction of sp³-hybridized carbons (Fsp3) is 0.692.